The van der Waals surface area contributed by atoms with Crippen molar-refractivity contribution in [3.8, 4) is 0 Å². The molecule has 2 unspecified atom stereocenters. The van der Waals surface area contributed by atoms with Crippen LogP contribution in [0.1, 0.15) is 67.2 Å². The van der Waals surface area contributed by atoms with Gasteiger partial charge in [-0.05, 0) is 30.1 Å². The topological polar surface area (TPSA) is 0 Å². The van der Waals surface area contributed by atoms with Gasteiger partial charge in [0.05, 0.1) is 0 Å². The molecule has 1 heteroatoms. The van der Waals surface area contributed by atoms with E-state index < -0.39 is 0 Å². The van der Waals surface area contributed by atoms with Crippen LogP contribution >= 0.6 is 0 Å². The van der Waals surface area contributed by atoms with Gasteiger partial charge in [-0.2, -0.15) is 5.92 Å². The summed E-state index contributed by atoms with van der Waals surface area (Å²) in [5, 5.41) is 0. The molecule has 98 valence electrons. The van der Waals surface area contributed by atoms with Crippen molar-refractivity contribution in [1.29, 1.82) is 0 Å². The van der Waals surface area contributed by atoms with Crippen molar-refractivity contribution >= 4 is 0 Å². The van der Waals surface area contributed by atoms with Gasteiger partial charge < -0.3 is 6.92 Å². The van der Waals surface area contributed by atoms with Gasteiger partial charge in [-0.1, -0.05) is 54.4 Å². The van der Waals surface area contributed by atoms with Crippen molar-refractivity contribution in [2.75, 3.05) is 0 Å². The van der Waals surface area contributed by atoms with Crippen LogP contribution in [0.15, 0.2) is 0 Å². The van der Waals surface area contributed by atoms with Crippen LogP contribution in [0.2, 0.25) is 0 Å². The largest absolute Gasteiger partial charge is 0.341 e. The van der Waals surface area contributed by atoms with Crippen molar-refractivity contribution in [2.45, 2.75) is 67.2 Å². The molecule has 0 aliphatic rings. The molecule has 0 spiro atoms. The molecule has 0 heterocycles. The van der Waals surface area contributed by atoms with Gasteiger partial charge in [0, 0.05) is 21.1 Å². The Morgan fingerprint density at radius 3 is 1.94 bits per heavy atom. The molecular weight excluding hydrogens is 364 g/mol. The summed E-state index contributed by atoms with van der Waals surface area (Å²) >= 11 is 0. The van der Waals surface area contributed by atoms with Gasteiger partial charge in [0.25, 0.3) is 0 Å². The van der Waals surface area contributed by atoms with E-state index in [4.69, 9.17) is 0 Å². The van der Waals surface area contributed by atoms with E-state index in [0.717, 1.165) is 11.8 Å². The normalized spacial score (nSPS) is 15.8. The maximum Gasteiger partial charge on any atom is 0 e. The van der Waals surface area contributed by atoms with E-state index in [0.29, 0.717) is 11.3 Å². The summed E-state index contributed by atoms with van der Waals surface area (Å²) in [5.41, 5.74) is 0.479. The SMILES string of the molecule is [CH2-]C(C)CC(C)(C)CCC(C)CC(C)C.[W]. The maximum absolute atomic E-state index is 4.10. The smallest absolute Gasteiger partial charge is 0 e. The molecule has 0 saturated heterocycles. The molecule has 2 atom stereocenters. The Bertz CT molecular complexity index is 159. The Balaban J connectivity index is 0. The van der Waals surface area contributed by atoms with E-state index in [2.05, 4.69) is 48.5 Å². The van der Waals surface area contributed by atoms with Gasteiger partial charge in [0.2, 0.25) is 0 Å². The van der Waals surface area contributed by atoms with Crippen LogP contribution in [0.25, 0.3) is 0 Å². The van der Waals surface area contributed by atoms with Crippen LogP contribution < -0.4 is 0 Å². The number of rotatable bonds is 7. The van der Waals surface area contributed by atoms with E-state index in [1.165, 1.54) is 25.7 Å². The predicted molar refractivity (Wildman–Crippen MR) is 70.8 cm³/mol. The minimum Gasteiger partial charge on any atom is -0.341 e. The average molecular weight is 395 g/mol. The third-order valence-corrected chi connectivity index (χ3v) is 3.09. The zero-order valence-corrected chi connectivity index (χ0v) is 15.1. The summed E-state index contributed by atoms with van der Waals surface area (Å²) in [6.07, 6.45) is 5.34. The second-order valence-electron chi connectivity index (χ2n) is 6.75. The number of hydrogen-bond donors (Lipinski definition) is 0. The molecule has 0 aromatic heterocycles. The molecule has 0 aromatic rings. The third-order valence-electron chi connectivity index (χ3n) is 3.09. The van der Waals surface area contributed by atoms with Crippen LogP contribution in [-0.2, 0) is 21.1 Å². The van der Waals surface area contributed by atoms with Crippen LogP contribution in [0.4, 0.5) is 0 Å². The summed E-state index contributed by atoms with van der Waals surface area (Å²) < 4.78 is 0. The van der Waals surface area contributed by atoms with E-state index in [-0.39, 0.29) is 21.1 Å². The molecule has 0 rings (SSSR count). The Labute approximate surface area is 118 Å². The first-order chi connectivity index (χ1) is 6.73. The summed E-state index contributed by atoms with van der Waals surface area (Å²) in [6.45, 7) is 18.1. The average Bonchev–Trinajstić information content (AvgIpc) is 1.97. The van der Waals surface area contributed by atoms with Gasteiger partial charge in [-0.3, -0.25) is 0 Å². The molecule has 0 aliphatic heterocycles. The van der Waals surface area contributed by atoms with Gasteiger partial charge in [-0.25, -0.2) is 0 Å². The van der Waals surface area contributed by atoms with Crippen molar-refractivity contribution in [1.82, 2.24) is 0 Å². The van der Waals surface area contributed by atoms with Crippen molar-refractivity contribution in [3.63, 3.8) is 0 Å². The van der Waals surface area contributed by atoms with Crippen LogP contribution in [0, 0.1) is 30.1 Å². The molecular formula is C15H31W-. The number of hydrogen-bond acceptors (Lipinski definition) is 0. The Kier molecular flexibility index (Phi) is 10.4. The van der Waals surface area contributed by atoms with Gasteiger partial charge in [0.1, 0.15) is 0 Å². The van der Waals surface area contributed by atoms with Crippen molar-refractivity contribution in [3.05, 3.63) is 6.92 Å². The first kappa shape index (κ1) is 19.0. The molecule has 0 aliphatic carbocycles. The summed E-state index contributed by atoms with van der Waals surface area (Å²) in [5.74, 6) is 2.31. The quantitative estimate of drug-likeness (QED) is 0.511. The Morgan fingerprint density at radius 2 is 1.56 bits per heavy atom. The van der Waals surface area contributed by atoms with Crippen molar-refractivity contribution in [2.24, 2.45) is 23.2 Å². The molecule has 0 amide bonds. The van der Waals surface area contributed by atoms with E-state index in [9.17, 15) is 0 Å². The minimum absolute atomic E-state index is 0. The second kappa shape index (κ2) is 8.73. The van der Waals surface area contributed by atoms with Crippen molar-refractivity contribution < 1.29 is 21.1 Å². The molecule has 0 fully saturated rings. The van der Waals surface area contributed by atoms with Gasteiger partial charge in [-0.15, -0.1) is 0 Å². The third kappa shape index (κ3) is 11.2. The van der Waals surface area contributed by atoms with Gasteiger partial charge >= 0.3 is 0 Å². The molecule has 0 radical (unpaired) electrons. The first-order valence-corrected chi connectivity index (χ1v) is 6.56. The standard InChI is InChI=1S/C15H31.W/c1-12(2)10-14(5)8-9-15(6,7)11-13(3)4;/h12-14H,3,8-11H2,1-2,4-7H3;/q-1;. The van der Waals surface area contributed by atoms with Crippen LogP contribution in [0.5, 0.6) is 0 Å². The fourth-order valence-electron chi connectivity index (χ4n) is 2.61. The second-order valence-corrected chi connectivity index (χ2v) is 6.75. The first-order valence-electron chi connectivity index (χ1n) is 6.56. The van der Waals surface area contributed by atoms with Crippen LogP contribution in [-0.4, -0.2) is 0 Å². The summed E-state index contributed by atoms with van der Waals surface area (Å²) in [6, 6.07) is 0. The molecule has 0 bridgehead atoms. The summed E-state index contributed by atoms with van der Waals surface area (Å²) in [7, 11) is 0. The Hall–Kier alpha value is 0.688. The molecule has 0 aromatic carbocycles. The zero-order valence-electron chi connectivity index (χ0n) is 12.2. The molecule has 0 saturated carbocycles. The molecule has 16 heavy (non-hydrogen) atoms. The molecule has 0 nitrogen and oxygen atoms in total. The minimum atomic E-state index is 0. The van der Waals surface area contributed by atoms with E-state index >= 15 is 0 Å². The Morgan fingerprint density at radius 1 is 1.06 bits per heavy atom. The van der Waals surface area contributed by atoms with E-state index in [1.54, 1.807) is 0 Å². The van der Waals surface area contributed by atoms with Crippen LogP contribution in [0.3, 0.4) is 0 Å². The fourth-order valence-corrected chi connectivity index (χ4v) is 2.61. The fraction of sp³-hybridized carbons (Fsp3) is 0.933. The monoisotopic (exact) mass is 395 g/mol. The van der Waals surface area contributed by atoms with Gasteiger partial charge in [0.15, 0.2) is 0 Å². The predicted octanol–water partition coefficient (Wildman–Crippen LogP) is 5.33. The summed E-state index contributed by atoms with van der Waals surface area (Å²) in [4.78, 5) is 0. The van der Waals surface area contributed by atoms with E-state index in [1.807, 2.05) is 0 Å². The maximum atomic E-state index is 4.10. The molecule has 0 N–H and O–H groups in total. The zero-order chi connectivity index (χ0) is 12.1.